The van der Waals surface area contributed by atoms with E-state index < -0.39 is 6.10 Å². The molecule has 2 aliphatic heterocycles. The number of fused-ring (bicyclic) bond motifs is 1. The largest absolute Gasteiger partial charge is 0.486 e. The van der Waals surface area contributed by atoms with E-state index in [4.69, 9.17) is 25.9 Å². The summed E-state index contributed by atoms with van der Waals surface area (Å²) in [4.78, 5) is 18.5. The molecule has 25 heavy (non-hydrogen) atoms. The number of para-hydroxylation sites is 2. The average molecular weight is 379 g/mol. The third-order valence-corrected chi connectivity index (χ3v) is 5.17. The molecule has 0 unspecified atom stereocenters. The Hall–Kier alpha value is -2.25. The quantitative estimate of drug-likeness (QED) is 0.888. The molecule has 1 aromatic heterocycles. The van der Waals surface area contributed by atoms with Gasteiger partial charge < -0.3 is 19.6 Å². The van der Waals surface area contributed by atoms with Gasteiger partial charge in [-0.1, -0.05) is 28.9 Å². The van der Waals surface area contributed by atoms with E-state index in [1.807, 2.05) is 30.3 Å². The highest BCUT2D eigenvalue weighted by Gasteiger charge is 2.30. The Morgan fingerprint density at radius 2 is 2.12 bits per heavy atom. The van der Waals surface area contributed by atoms with Crippen LogP contribution in [0.25, 0.3) is 0 Å². The number of thiophene rings is 1. The number of carbonyl (C=O) groups excluding carboxylic acids is 1. The number of hydrogen-bond donors (Lipinski definition) is 1. The molecule has 0 fully saturated rings. The molecule has 0 aliphatic carbocycles. The third-order valence-electron chi connectivity index (χ3n) is 3.89. The Kier molecular flexibility index (Phi) is 4.50. The van der Waals surface area contributed by atoms with E-state index in [1.165, 1.54) is 11.3 Å². The van der Waals surface area contributed by atoms with Crippen LogP contribution >= 0.6 is 22.9 Å². The number of nitrogens with zero attached hydrogens (tertiary/aromatic N) is 1. The van der Waals surface area contributed by atoms with Gasteiger partial charge in [-0.05, 0) is 24.3 Å². The second-order valence-electron chi connectivity index (χ2n) is 5.68. The topological polar surface area (TPSA) is 69.2 Å². The molecule has 1 amide bonds. The molecule has 0 saturated carbocycles. The molecular formula is C17H15ClN2O4S. The highest BCUT2D eigenvalue weighted by molar-refractivity contribution is 7.18. The summed E-state index contributed by atoms with van der Waals surface area (Å²) in [5.41, 5.74) is 0.739. The number of carbonyl (C=O) groups is 1. The number of nitrogens with one attached hydrogen (secondary N) is 1. The SMILES string of the molecule is O=C(NC[C@@H]1COc2ccccc2O1)[C@@H]1CC(c2ccc(Cl)s2)=NO1. The Morgan fingerprint density at radius 3 is 2.92 bits per heavy atom. The van der Waals surface area contributed by atoms with Crippen molar-refractivity contribution in [3.63, 3.8) is 0 Å². The zero-order chi connectivity index (χ0) is 17.2. The van der Waals surface area contributed by atoms with Gasteiger partial charge in [0, 0.05) is 6.42 Å². The van der Waals surface area contributed by atoms with Crippen molar-refractivity contribution >= 4 is 34.6 Å². The van der Waals surface area contributed by atoms with Crippen molar-refractivity contribution in [2.45, 2.75) is 18.6 Å². The van der Waals surface area contributed by atoms with Gasteiger partial charge in [-0.2, -0.15) is 0 Å². The minimum Gasteiger partial charge on any atom is -0.486 e. The molecule has 0 radical (unpaired) electrons. The summed E-state index contributed by atoms with van der Waals surface area (Å²) in [6.07, 6.45) is -0.447. The fourth-order valence-corrected chi connectivity index (χ4v) is 3.66. The van der Waals surface area contributed by atoms with Crippen LogP contribution in [0.15, 0.2) is 41.6 Å². The lowest BCUT2D eigenvalue weighted by Crippen LogP contribution is -2.44. The number of benzene rings is 1. The number of hydrogen-bond acceptors (Lipinski definition) is 6. The van der Waals surface area contributed by atoms with E-state index in [-0.39, 0.29) is 12.0 Å². The van der Waals surface area contributed by atoms with Crippen LogP contribution < -0.4 is 14.8 Å². The normalized spacial score (nSPS) is 21.4. The van der Waals surface area contributed by atoms with Crippen molar-refractivity contribution in [3.05, 3.63) is 45.6 Å². The van der Waals surface area contributed by atoms with E-state index in [1.54, 1.807) is 6.07 Å². The minimum atomic E-state index is -0.632. The Morgan fingerprint density at radius 1 is 1.28 bits per heavy atom. The summed E-state index contributed by atoms with van der Waals surface area (Å²) in [7, 11) is 0. The fraction of sp³-hybridized carbons (Fsp3) is 0.294. The van der Waals surface area contributed by atoms with Gasteiger partial charge in [0.2, 0.25) is 6.10 Å². The molecular weight excluding hydrogens is 364 g/mol. The second-order valence-corrected chi connectivity index (χ2v) is 7.40. The molecule has 2 atom stereocenters. The molecule has 2 aromatic rings. The van der Waals surface area contributed by atoms with Crippen molar-refractivity contribution < 1.29 is 19.1 Å². The summed E-state index contributed by atoms with van der Waals surface area (Å²) in [5, 5.41) is 6.84. The standard InChI is InChI=1S/C17H15ClN2O4S/c18-16-6-5-15(25-16)11-7-14(24-20-11)17(21)19-8-10-9-22-12-3-1-2-4-13(12)23-10/h1-6,10,14H,7-9H2,(H,19,21)/t10-,14+/m1/s1. The first-order chi connectivity index (χ1) is 12.2. The smallest absolute Gasteiger partial charge is 0.264 e. The highest BCUT2D eigenvalue weighted by Crippen LogP contribution is 2.30. The van der Waals surface area contributed by atoms with Gasteiger partial charge in [0.1, 0.15) is 18.4 Å². The van der Waals surface area contributed by atoms with Gasteiger partial charge in [0.05, 0.1) is 15.8 Å². The fourth-order valence-electron chi connectivity index (χ4n) is 2.62. The molecule has 2 aliphatic rings. The van der Waals surface area contributed by atoms with Crippen LogP contribution in [0.5, 0.6) is 11.5 Å². The van der Waals surface area contributed by atoms with Crippen molar-refractivity contribution in [1.82, 2.24) is 5.32 Å². The van der Waals surface area contributed by atoms with E-state index in [0.717, 1.165) is 16.3 Å². The monoisotopic (exact) mass is 378 g/mol. The summed E-state index contributed by atoms with van der Waals surface area (Å²) < 4.78 is 12.1. The predicted molar refractivity (Wildman–Crippen MR) is 94.7 cm³/mol. The lowest BCUT2D eigenvalue weighted by atomic mass is 10.1. The molecule has 4 rings (SSSR count). The molecule has 1 aromatic carbocycles. The molecule has 1 N–H and O–H groups in total. The number of halogens is 1. The van der Waals surface area contributed by atoms with E-state index >= 15 is 0 Å². The van der Waals surface area contributed by atoms with E-state index in [2.05, 4.69) is 10.5 Å². The molecule has 8 heteroatoms. The lowest BCUT2D eigenvalue weighted by molar-refractivity contribution is -0.131. The van der Waals surface area contributed by atoms with Crippen molar-refractivity contribution in [2.75, 3.05) is 13.2 Å². The van der Waals surface area contributed by atoms with Crippen LogP contribution in [0.1, 0.15) is 11.3 Å². The summed E-state index contributed by atoms with van der Waals surface area (Å²) in [6.45, 7) is 0.728. The third kappa shape index (κ3) is 3.57. The maximum Gasteiger partial charge on any atom is 0.264 e. The van der Waals surface area contributed by atoms with Gasteiger partial charge in [-0.15, -0.1) is 11.3 Å². The number of amides is 1. The van der Waals surface area contributed by atoms with Gasteiger partial charge in [0.15, 0.2) is 11.5 Å². The van der Waals surface area contributed by atoms with Gasteiger partial charge in [-0.3, -0.25) is 4.79 Å². The van der Waals surface area contributed by atoms with Crippen LogP contribution in [0.4, 0.5) is 0 Å². The summed E-state index contributed by atoms with van der Waals surface area (Å²) in [5.74, 6) is 1.19. The summed E-state index contributed by atoms with van der Waals surface area (Å²) in [6, 6.07) is 11.1. The van der Waals surface area contributed by atoms with Crippen LogP contribution in [0.2, 0.25) is 4.34 Å². The number of rotatable bonds is 4. The minimum absolute atomic E-state index is 0.219. The molecule has 130 valence electrons. The Balaban J connectivity index is 1.28. The first-order valence-electron chi connectivity index (χ1n) is 7.83. The zero-order valence-corrected chi connectivity index (χ0v) is 14.7. The van der Waals surface area contributed by atoms with Crippen molar-refractivity contribution in [2.24, 2.45) is 5.16 Å². The second kappa shape index (κ2) is 6.93. The number of oxime groups is 1. The van der Waals surface area contributed by atoms with E-state index in [9.17, 15) is 4.79 Å². The van der Waals surface area contributed by atoms with Gasteiger partial charge >= 0.3 is 0 Å². The van der Waals surface area contributed by atoms with Crippen LogP contribution in [-0.2, 0) is 9.63 Å². The first-order valence-corrected chi connectivity index (χ1v) is 9.03. The molecule has 3 heterocycles. The highest BCUT2D eigenvalue weighted by atomic mass is 35.5. The molecule has 0 bridgehead atoms. The first kappa shape index (κ1) is 16.2. The van der Waals surface area contributed by atoms with Crippen molar-refractivity contribution in [3.8, 4) is 11.5 Å². The zero-order valence-electron chi connectivity index (χ0n) is 13.1. The Bertz CT molecular complexity index is 822. The number of ether oxygens (including phenoxy) is 2. The molecule has 0 spiro atoms. The maximum atomic E-state index is 12.3. The van der Waals surface area contributed by atoms with Crippen LogP contribution in [0, 0.1) is 0 Å². The van der Waals surface area contributed by atoms with E-state index in [0.29, 0.717) is 29.7 Å². The van der Waals surface area contributed by atoms with Gasteiger partial charge in [0.25, 0.3) is 5.91 Å². The molecule has 0 saturated heterocycles. The lowest BCUT2D eigenvalue weighted by Gasteiger charge is -2.26. The average Bonchev–Trinajstić information content (AvgIpc) is 3.28. The summed E-state index contributed by atoms with van der Waals surface area (Å²) >= 11 is 7.34. The van der Waals surface area contributed by atoms with Gasteiger partial charge in [-0.25, -0.2) is 0 Å². The van der Waals surface area contributed by atoms with Crippen LogP contribution in [0.3, 0.4) is 0 Å². The van der Waals surface area contributed by atoms with Crippen molar-refractivity contribution in [1.29, 1.82) is 0 Å². The molecule has 6 nitrogen and oxygen atoms in total. The Labute approximate surface area is 153 Å². The predicted octanol–water partition coefficient (Wildman–Crippen LogP) is 2.85. The van der Waals surface area contributed by atoms with Crippen LogP contribution in [-0.4, -0.2) is 37.0 Å². The maximum absolute atomic E-state index is 12.3.